The molecule has 2 aromatic heterocycles. The number of ether oxygens (including phenoxy) is 4. The van der Waals surface area contributed by atoms with Gasteiger partial charge >= 0.3 is 12.1 Å². The SMILES string of the molecule is Cc1nc2c3c(nc(Cl)c(F)c3c1C1(OC3CCCCO3)CC1)OC(C)[C@@H]1[C@@H]3CC[C@](C(=O)O)(CN21)N3C(=O)OC(C)(C)C. The molecule has 1 saturated carbocycles. The molecule has 6 heterocycles. The van der Waals surface area contributed by atoms with Crippen LogP contribution in [0.2, 0.25) is 5.15 Å². The van der Waals surface area contributed by atoms with Gasteiger partial charge in [-0.25, -0.2) is 19.0 Å². The van der Waals surface area contributed by atoms with Crippen LogP contribution in [0.15, 0.2) is 0 Å². The van der Waals surface area contributed by atoms with Crippen molar-refractivity contribution in [2.24, 2.45) is 0 Å². The van der Waals surface area contributed by atoms with E-state index in [-0.39, 0.29) is 29.4 Å². The Hall–Kier alpha value is -2.96. The summed E-state index contributed by atoms with van der Waals surface area (Å²) < 4.78 is 40.9. The maximum absolute atomic E-state index is 16.3. The van der Waals surface area contributed by atoms with E-state index in [0.29, 0.717) is 48.3 Å². The van der Waals surface area contributed by atoms with Crippen LogP contribution in [-0.2, 0) is 24.6 Å². The lowest BCUT2D eigenvalue weighted by atomic mass is 9.91. The molecule has 13 heteroatoms. The molecular formula is C31H38ClFN4O7. The number of pyridine rings is 2. The maximum Gasteiger partial charge on any atom is 0.411 e. The van der Waals surface area contributed by atoms with Gasteiger partial charge in [0.2, 0.25) is 5.88 Å². The van der Waals surface area contributed by atoms with E-state index in [4.69, 9.17) is 35.5 Å². The molecule has 4 aliphatic heterocycles. The number of anilines is 1. The molecule has 5 aliphatic rings. The number of fused-ring (bicyclic) bond motifs is 5. The highest BCUT2D eigenvalue weighted by Crippen LogP contribution is 2.57. The first-order chi connectivity index (χ1) is 20.8. The summed E-state index contributed by atoms with van der Waals surface area (Å²) in [6, 6.07) is -1.09. The van der Waals surface area contributed by atoms with E-state index in [1.54, 1.807) is 20.8 Å². The van der Waals surface area contributed by atoms with Crippen molar-refractivity contribution >= 4 is 40.3 Å². The first-order valence-electron chi connectivity index (χ1n) is 15.4. The van der Waals surface area contributed by atoms with Gasteiger partial charge in [-0.05, 0) is 79.6 Å². The molecule has 44 heavy (non-hydrogen) atoms. The van der Waals surface area contributed by atoms with Crippen LogP contribution in [-0.4, -0.2) is 80.8 Å². The summed E-state index contributed by atoms with van der Waals surface area (Å²) in [7, 11) is 0. The Morgan fingerprint density at radius 1 is 1.14 bits per heavy atom. The second-order valence-corrected chi connectivity index (χ2v) is 14.2. The first-order valence-corrected chi connectivity index (χ1v) is 15.8. The monoisotopic (exact) mass is 632 g/mol. The summed E-state index contributed by atoms with van der Waals surface area (Å²) in [6.45, 7) is 9.42. The zero-order valence-corrected chi connectivity index (χ0v) is 26.4. The standard InChI is InChI=1S/C31H38ClFN4O7/c1-15-21(31(11-12-31)43-18-8-6-7-13-41-18)19-20-25(34-15)36-14-30(27(38)39)10-9-17(37(30)28(40)44-29(3,4)5)23(36)16(2)42-26(20)35-24(32)22(19)33/h16-18,23H,6-14H2,1-5H3,(H,38,39)/t16?,17-,18?,23+,30+/m0/s1. The number of piperazine rings is 1. The number of carboxylic acid groups (broad SMARTS) is 1. The summed E-state index contributed by atoms with van der Waals surface area (Å²) >= 11 is 6.43. The number of rotatable bonds is 4. The summed E-state index contributed by atoms with van der Waals surface area (Å²) in [6.07, 6.45) is 3.00. The molecule has 2 unspecified atom stereocenters. The predicted octanol–water partition coefficient (Wildman–Crippen LogP) is 5.46. The number of aryl methyl sites for hydroxylation is 1. The molecule has 7 rings (SSSR count). The second kappa shape index (κ2) is 10.0. The van der Waals surface area contributed by atoms with Crippen molar-refractivity contribution in [3.63, 3.8) is 0 Å². The van der Waals surface area contributed by atoms with E-state index in [1.165, 1.54) is 4.90 Å². The van der Waals surface area contributed by atoms with Gasteiger partial charge in [0.1, 0.15) is 17.5 Å². The van der Waals surface area contributed by atoms with Gasteiger partial charge in [-0.1, -0.05) is 11.6 Å². The third kappa shape index (κ3) is 4.42. The average molecular weight is 633 g/mol. The summed E-state index contributed by atoms with van der Waals surface area (Å²) in [4.78, 5) is 39.3. The van der Waals surface area contributed by atoms with E-state index >= 15 is 4.39 Å². The van der Waals surface area contributed by atoms with Gasteiger partial charge in [0.25, 0.3) is 0 Å². The molecule has 0 radical (unpaired) electrons. The minimum Gasteiger partial charge on any atom is -0.479 e. The lowest BCUT2D eigenvalue weighted by molar-refractivity contribution is -0.199. The Balaban J connectivity index is 1.40. The van der Waals surface area contributed by atoms with Crippen molar-refractivity contribution in [3.8, 4) is 5.88 Å². The Bertz CT molecular complexity index is 1560. The lowest BCUT2D eigenvalue weighted by Gasteiger charge is -2.51. The van der Waals surface area contributed by atoms with E-state index < -0.39 is 59.1 Å². The molecule has 1 amide bonds. The molecule has 0 aromatic carbocycles. The van der Waals surface area contributed by atoms with Crippen LogP contribution in [0.4, 0.5) is 15.0 Å². The number of hydrogen-bond acceptors (Lipinski definition) is 9. The topological polar surface area (TPSA) is 124 Å². The molecule has 2 aromatic rings. The van der Waals surface area contributed by atoms with Crippen molar-refractivity contribution in [3.05, 3.63) is 22.2 Å². The van der Waals surface area contributed by atoms with Crippen molar-refractivity contribution in [1.82, 2.24) is 14.9 Å². The summed E-state index contributed by atoms with van der Waals surface area (Å²) in [5.74, 6) is -1.36. The van der Waals surface area contributed by atoms with E-state index in [0.717, 1.165) is 19.3 Å². The average Bonchev–Trinajstić information content (AvgIpc) is 3.67. The summed E-state index contributed by atoms with van der Waals surface area (Å²) in [5.41, 5.74) is -2.06. The van der Waals surface area contributed by atoms with Crippen LogP contribution in [0.25, 0.3) is 10.8 Å². The second-order valence-electron chi connectivity index (χ2n) is 13.8. The fourth-order valence-electron chi connectivity index (χ4n) is 7.81. The highest BCUT2D eigenvalue weighted by Gasteiger charge is 2.65. The van der Waals surface area contributed by atoms with Crippen molar-refractivity contribution in [1.29, 1.82) is 0 Å². The van der Waals surface area contributed by atoms with E-state index in [9.17, 15) is 14.7 Å². The zero-order valence-electron chi connectivity index (χ0n) is 25.6. The number of carbonyl (C=O) groups excluding carboxylic acids is 1. The fraction of sp³-hybridized carbons (Fsp3) is 0.677. The van der Waals surface area contributed by atoms with Crippen LogP contribution < -0.4 is 9.64 Å². The Labute approximate surface area is 259 Å². The number of amides is 1. The van der Waals surface area contributed by atoms with Gasteiger partial charge in [-0.15, -0.1) is 0 Å². The molecule has 0 spiro atoms. The number of nitrogens with zero attached hydrogens (tertiary/aromatic N) is 4. The summed E-state index contributed by atoms with van der Waals surface area (Å²) in [5, 5.41) is 10.9. The number of carboxylic acids is 1. The molecule has 5 atom stereocenters. The molecule has 11 nitrogen and oxygen atoms in total. The normalized spacial score (nSPS) is 30.4. The molecular weight excluding hydrogens is 595 g/mol. The molecule has 1 aliphatic carbocycles. The van der Waals surface area contributed by atoms with Gasteiger partial charge < -0.3 is 29.0 Å². The van der Waals surface area contributed by atoms with Gasteiger partial charge in [0, 0.05) is 23.3 Å². The molecule has 4 fully saturated rings. The molecule has 2 bridgehead atoms. The highest BCUT2D eigenvalue weighted by molar-refractivity contribution is 6.30. The van der Waals surface area contributed by atoms with Gasteiger partial charge in [-0.2, -0.15) is 4.98 Å². The van der Waals surface area contributed by atoms with Gasteiger partial charge in [0.05, 0.1) is 29.6 Å². The maximum atomic E-state index is 16.3. The van der Waals surface area contributed by atoms with Crippen LogP contribution in [0.3, 0.4) is 0 Å². The van der Waals surface area contributed by atoms with Crippen molar-refractivity contribution < 1.29 is 38.0 Å². The number of aliphatic carboxylic acids is 1. The predicted molar refractivity (Wildman–Crippen MR) is 158 cm³/mol. The Kier molecular flexibility index (Phi) is 6.77. The third-order valence-electron chi connectivity index (χ3n) is 9.70. The van der Waals surface area contributed by atoms with Crippen LogP contribution in [0, 0.1) is 12.7 Å². The smallest absolute Gasteiger partial charge is 0.411 e. The highest BCUT2D eigenvalue weighted by atomic mass is 35.5. The first kappa shape index (κ1) is 29.7. The van der Waals surface area contributed by atoms with Crippen LogP contribution >= 0.6 is 11.6 Å². The van der Waals surface area contributed by atoms with E-state index in [2.05, 4.69) is 4.98 Å². The number of hydrogen-bond donors (Lipinski definition) is 1. The lowest BCUT2D eigenvalue weighted by Crippen LogP contribution is -2.72. The number of halogens is 2. The third-order valence-corrected chi connectivity index (χ3v) is 9.95. The largest absolute Gasteiger partial charge is 0.479 e. The van der Waals surface area contributed by atoms with Crippen molar-refractivity contribution in [2.75, 3.05) is 18.1 Å². The number of aromatic nitrogens is 2. The molecule has 3 saturated heterocycles. The Morgan fingerprint density at radius 2 is 1.89 bits per heavy atom. The minimum atomic E-state index is -1.58. The van der Waals surface area contributed by atoms with Gasteiger partial charge in [-0.3, -0.25) is 4.90 Å². The van der Waals surface area contributed by atoms with Gasteiger partial charge in [0.15, 0.2) is 22.8 Å². The fourth-order valence-corrected chi connectivity index (χ4v) is 7.98. The Morgan fingerprint density at radius 3 is 2.52 bits per heavy atom. The van der Waals surface area contributed by atoms with Crippen LogP contribution in [0.1, 0.15) is 83.9 Å². The zero-order chi connectivity index (χ0) is 31.3. The van der Waals surface area contributed by atoms with Crippen LogP contribution in [0.5, 0.6) is 5.88 Å². The quantitative estimate of drug-likeness (QED) is 0.435. The van der Waals surface area contributed by atoms with E-state index in [1.807, 2.05) is 18.7 Å². The molecule has 238 valence electrons. The van der Waals surface area contributed by atoms with Crippen molar-refractivity contribution in [2.45, 2.75) is 121 Å². The number of carbonyl (C=O) groups is 2. The molecule has 1 N–H and O–H groups in total. The minimum absolute atomic E-state index is 0.0848.